The molecular formula is C10H13ClN4O2. The third kappa shape index (κ3) is 4.69. The molecule has 0 saturated heterocycles. The quantitative estimate of drug-likeness (QED) is 0.703. The van der Waals surface area contributed by atoms with Crippen LogP contribution in [0.4, 0.5) is 10.5 Å². The van der Waals surface area contributed by atoms with Gasteiger partial charge in [-0.05, 0) is 19.1 Å². The average Bonchev–Trinajstić information content (AvgIpc) is 2.30. The molecule has 0 aliphatic heterocycles. The molecule has 1 aromatic rings. The van der Waals surface area contributed by atoms with Crippen LogP contribution in [0.25, 0.3) is 0 Å². The largest absolute Gasteiger partial charge is 0.355 e. The normalized spacial score (nSPS) is 9.53. The number of urea groups is 1. The Hall–Kier alpha value is -1.82. The van der Waals surface area contributed by atoms with Crippen LogP contribution in [0, 0.1) is 0 Å². The third-order valence-corrected chi connectivity index (χ3v) is 2.09. The zero-order valence-electron chi connectivity index (χ0n) is 9.29. The van der Waals surface area contributed by atoms with Crippen molar-refractivity contribution in [3.05, 3.63) is 23.5 Å². The Labute approximate surface area is 104 Å². The van der Waals surface area contributed by atoms with Crippen molar-refractivity contribution < 1.29 is 9.59 Å². The second kappa shape index (κ2) is 6.70. The van der Waals surface area contributed by atoms with Crippen LogP contribution in [0.5, 0.6) is 0 Å². The number of amides is 3. The van der Waals surface area contributed by atoms with Gasteiger partial charge in [-0.2, -0.15) is 0 Å². The first-order valence-corrected chi connectivity index (χ1v) is 5.43. The minimum absolute atomic E-state index is 0.0858. The number of likely N-dealkylation sites (N-methyl/N-ethyl adjacent to an activating group) is 1. The number of hydrogen-bond donors (Lipinski definition) is 3. The van der Waals surface area contributed by atoms with Gasteiger partial charge in [0, 0.05) is 12.7 Å². The number of carbonyl (C=O) groups excluding carboxylic acids is 2. The molecule has 0 bridgehead atoms. The van der Waals surface area contributed by atoms with Crippen LogP contribution in [0.3, 0.4) is 0 Å². The van der Waals surface area contributed by atoms with Crippen molar-refractivity contribution in [1.82, 2.24) is 15.6 Å². The Balaban J connectivity index is 2.40. The monoisotopic (exact) mass is 256 g/mol. The number of carbonyl (C=O) groups is 2. The third-order valence-electron chi connectivity index (χ3n) is 1.79. The lowest BCUT2D eigenvalue weighted by Crippen LogP contribution is -2.38. The molecule has 7 heteroatoms. The lowest BCUT2D eigenvalue weighted by atomic mass is 10.4. The Morgan fingerprint density at radius 1 is 1.41 bits per heavy atom. The van der Waals surface area contributed by atoms with E-state index in [0.29, 0.717) is 12.2 Å². The molecule has 1 heterocycles. The van der Waals surface area contributed by atoms with E-state index in [1.54, 1.807) is 19.1 Å². The fourth-order valence-electron chi connectivity index (χ4n) is 1.07. The highest BCUT2D eigenvalue weighted by molar-refractivity contribution is 6.32. The number of nitrogens with zero attached hydrogens (tertiary/aromatic N) is 1. The molecule has 1 rings (SSSR count). The van der Waals surface area contributed by atoms with E-state index in [1.165, 1.54) is 6.20 Å². The van der Waals surface area contributed by atoms with Gasteiger partial charge in [0.05, 0.1) is 12.2 Å². The number of nitrogens with one attached hydrogen (secondary N) is 3. The number of pyridine rings is 1. The van der Waals surface area contributed by atoms with Gasteiger partial charge >= 0.3 is 6.03 Å². The topological polar surface area (TPSA) is 83.1 Å². The highest BCUT2D eigenvalue weighted by Gasteiger charge is 2.06. The Morgan fingerprint density at radius 2 is 2.18 bits per heavy atom. The predicted molar refractivity (Wildman–Crippen MR) is 65.0 cm³/mol. The van der Waals surface area contributed by atoms with E-state index in [-0.39, 0.29) is 17.6 Å². The van der Waals surface area contributed by atoms with E-state index < -0.39 is 6.03 Å². The van der Waals surface area contributed by atoms with E-state index in [9.17, 15) is 9.59 Å². The number of halogens is 1. The van der Waals surface area contributed by atoms with Crippen molar-refractivity contribution in [2.24, 2.45) is 0 Å². The first kappa shape index (κ1) is 13.2. The minimum atomic E-state index is -0.508. The Morgan fingerprint density at radius 3 is 2.82 bits per heavy atom. The summed E-state index contributed by atoms with van der Waals surface area (Å²) in [7, 11) is 0. The van der Waals surface area contributed by atoms with Crippen LogP contribution >= 0.6 is 11.6 Å². The van der Waals surface area contributed by atoms with Gasteiger partial charge in [0.25, 0.3) is 0 Å². The number of rotatable bonds is 4. The van der Waals surface area contributed by atoms with Crippen LogP contribution in [-0.2, 0) is 4.79 Å². The summed E-state index contributed by atoms with van der Waals surface area (Å²) in [5.41, 5.74) is 0.391. The van der Waals surface area contributed by atoms with Crippen molar-refractivity contribution in [2.45, 2.75) is 6.92 Å². The lowest BCUT2D eigenvalue weighted by Gasteiger charge is -2.08. The SMILES string of the molecule is CCNC(=O)CNC(=O)Nc1cccnc1Cl. The second-order valence-corrected chi connectivity index (χ2v) is 3.46. The summed E-state index contributed by atoms with van der Waals surface area (Å²) in [4.78, 5) is 26.3. The maximum atomic E-state index is 11.4. The van der Waals surface area contributed by atoms with Gasteiger partial charge in [0.15, 0.2) is 5.15 Å². The standard InChI is InChI=1S/C10H13ClN4O2/c1-2-12-8(16)6-14-10(17)15-7-4-3-5-13-9(7)11/h3-5H,2,6H2,1H3,(H,12,16)(H2,14,15,17). The van der Waals surface area contributed by atoms with Crippen LogP contribution in [0.1, 0.15) is 6.92 Å². The summed E-state index contributed by atoms with van der Waals surface area (Å²) in [5.74, 6) is -0.250. The molecule has 92 valence electrons. The van der Waals surface area contributed by atoms with E-state index in [0.717, 1.165) is 0 Å². The summed E-state index contributed by atoms with van der Waals surface area (Å²) >= 11 is 5.75. The Bertz CT molecular complexity index is 411. The molecule has 1 aromatic heterocycles. The summed E-state index contributed by atoms with van der Waals surface area (Å²) in [5, 5.41) is 7.63. The lowest BCUT2D eigenvalue weighted by molar-refractivity contribution is -0.119. The van der Waals surface area contributed by atoms with Gasteiger partial charge in [-0.3, -0.25) is 4.79 Å². The highest BCUT2D eigenvalue weighted by atomic mass is 35.5. The van der Waals surface area contributed by atoms with Crippen LogP contribution in [-0.4, -0.2) is 30.0 Å². The maximum absolute atomic E-state index is 11.4. The summed E-state index contributed by atoms with van der Waals surface area (Å²) < 4.78 is 0. The van der Waals surface area contributed by atoms with E-state index >= 15 is 0 Å². The molecule has 17 heavy (non-hydrogen) atoms. The van der Waals surface area contributed by atoms with Crippen molar-refractivity contribution in [3.63, 3.8) is 0 Å². The number of anilines is 1. The molecule has 0 aliphatic rings. The molecule has 0 aromatic carbocycles. The molecule has 0 aliphatic carbocycles. The molecule has 0 spiro atoms. The fourth-order valence-corrected chi connectivity index (χ4v) is 1.23. The average molecular weight is 257 g/mol. The van der Waals surface area contributed by atoms with Crippen molar-refractivity contribution in [3.8, 4) is 0 Å². The molecule has 0 fully saturated rings. The van der Waals surface area contributed by atoms with Gasteiger partial charge in [-0.15, -0.1) is 0 Å². The molecule has 0 unspecified atom stereocenters. The fraction of sp³-hybridized carbons (Fsp3) is 0.300. The van der Waals surface area contributed by atoms with Crippen molar-refractivity contribution in [2.75, 3.05) is 18.4 Å². The van der Waals surface area contributed by atoms with Gasteiger partial charge in [0.2, 0.25) is 5.91 Å². The van der Waals surface area contributed by atoms with Gasteiger partial charge < -0.3 is 16.0 Å². The van der Waals surface area contributed by atoms with E-state index in [1.807, 2.05) is 0 Å². The van der Waals surface area contributed by atoms with Gasteiger partial charge in [0.1, 0.15) is 0 Å². The van der Waals surface area contributed by atoms with E-state index in [2.05, 4.69) is 20.9 Å². The first-order chi connectivity index (χ1) is 8.13. The second-order valence-electron chi connectivity index (χ2n) is 3.10. The highest BCUT2D eigenvalue weighted by Crippen LogP contribution is 2.16. The van der Waals surface area contributed by atoms with E-state index in [4.69, 9.17) is 11.6 Å². The maximum Gasteiger partial charge on any atom is 0.319 e. The van der Waals surface area contributed by atoms with Gasteiger partial charge in [-0.25, -0.2) is 9.78 Å². The molecule has 6 nitrogen and oxygen atoms in total. The predicted octanol–water partition coefficient (Wildman–Crippen LogP) is 0.993. The summed E-state index contributed by atoms with van der Waals surface area (Å²) in [6.07, 6.45) is 1.51. The molecule has 3 amide bonds. The molecule has 0 radical (unpaired) electrons. The van der Waals surface area contributed by atoms with Gasteiger partial charge in [-0.1, -0.05) is 11.6 Å². The van der Waals surface area contributed by atoms with Crippen molar-refractivity contribution >= 4 is 29.2 Å². The van der Waals surface area contributed by atoms with Crippen LogP contribution in [0.15, 0.2) is 18.3 Å². The zero-order chi connectivity index (χ0) is 12.7. The molecule has 0 atom stereocenters. The number of aromatic nitrogens is 1. The summed E-state index contributed by atoms with van der Waals surface area (Å²) in [6.45, 7) is 2.24. The summed E-state index contributed by atoms with van der Waals surface area (Å²) in [6, 6.07) is 2.75. The van der Waals surface area contributed by atoms with Crippen LogP contribution in [0.2, 0.25) is 5.15 Å². The molecule has 3 N–H and O–H groups in total. The Kier molecular flexibility index (Phi) is 5.22. The molecule has 0 saturated carbocycles. The minimum Gasteiger partial charge on any atom is -0.355 e. The van der Waals surface area contributed by atoms with Crippen molar-refractivity contribution in [1.29, 1.82) is 0 Å². The van der Waals surface area contributed by atoms with Crippen LogP contribution < -0.4 is 16.0 Å². The molecular weight excluding hydrogens is 244 g/mol. The zero-order valence-corrected chi connectivity index (χ0v) is 10.0. The number of hydrogen-bond acceptors (Lipinski definition) is 3. The smallest absolute Gasteiger partial charge is 0.319 e. The first-order valence-electron chi connectivity index (χ1n) is 5.05.